The van der Waals surface area contributed by atoms with Gasteiger partial charge in [0.1, 0.15) is 16.4 Å². The molecule has 0 saturated heterocycles. The van der Waals surface area contributed by atoms with Crippen LogP contribution >= 0.6 is 0 Å². The SMILES string of the molecule is O=C(NCc1ccccc1)/C(=C\c1ccc([N+](=O)[O-])o1)NC(=O)c1ccccc1. The maximum atomic E-state index is 12.7. The van der Waals surface area contributed by atoms with E-state index in [1.807, 2.05) is 30.3 Å². The van der Waals surface area contributed by atoms with Crippen LogP contribution in [0.25, 0.3) is 6.08 Å². The van der Waals surface area contributed by atoms with E-state index in [-0.39, 0.29) is 18.0 Å². The Morgan fingerprint density at radius 3 is 2.24 bits per heavy atom. The van der Waals surface area contributed by atoms with Crippen LogP contribution in [-0.2, 0) is 11.3 Å². The van der Waals surface area contributed by atoms with Crippen molar-refractivity contribution in [3.05, 3.63) is 105 Å². The molecular formula is C21H17N3O5. The summed E-state index contributed by atoms with van der Waals surface area (Å²) < 4.78 is 5.07. The molecule has 0 bridgehead atoms. The van der Waals surface area contributed by atoms with Crippen molar-refractivity contribution in [1.82, 2.24) is 10.6 Å². The van der Waals surface area contributed by atoms with Gasteiger partial charge >= 0.3 is 5.88 Å². The minimum absolute atomic E-state index is 0.0647. The average molecular weight is 391 g/mol. The van der Waals surface area contributed by atoms with Gasteiger partial charge in [0.25, 0.3) is 11.8 Å². The van der Waals surface area contributed by atoms with E-state index < -0.39 is 22.6 Å². The third kappa shape index (κ3) is 5.39. The molecule has 0 aliphatic carbocycles. The van der Waals surface area contributed by atoms with E-state index in [4.69, 9.17) is 4.42 Å². The van der Waals surface area contributed by atoms with Gasteiger partial charge in [0.2, 0.25) is 0 Å². The predicted molar refractivity (Wildman–Crippen MR) is 106 cm³/mol. The number of rotatable bonds is 7. The molecular weight excluding hydrogens is 374 g/mol. The molecule has 0 aliphatic rings. The smallest absolute Gasteiger partial charge is 0.401 e. The summed E-state index contributed by atoms with van der Waals surface area (Å²) in [5, 5.41) is 16.0. The van der Waals surface area contributed by atoms with Crippen LogP contribution in [0.5, 0.6) is 0 Å². The molecule has 0 saturated carbocycles. The van der Waals surface area contributed by atoms with Gasteiger partial charge in [-0.1, -0.05) is 48.5 Å². The molecule has 0 fully saturated rings. The number of carbonyl (C=O) groups is 2. The van der Waals surface area contributed by atoms with Crippen LogP contribution in [0.1, 0.15) is 21.7 Å². The van der Waals surface area contributed by atoms with Crippen molar-refractivity contribution < 1.29 is 18.9 Å². The first-order valence-corrected chi connectivity index (χ1v) is 8.67. The zero-order valence-corrected chi connectivity index (χ0v) is 15.2. The highest BCUT2D eigenvalue weighted by atomic mass is 16.6. The lowest BCUT2D eigenvalue weighted by Gasteiger charge is -2.11. The summed E-state index contributed by atoms with van der Waals surface area (Å²) in [4.78, 5) is 35.2. The van der Waals surface area contributed by atoms with Crippen LogP contribution in [0, 0.1) is 10.1 Å². The van der Waals surface area contributed by atoms with Gasteiger partial charge in [-0.3, -0.25) is 19.7 Å². The molecule has 2 N–H and O–H groups in total. The lowest BCUT2D eigenvalue weighted by Crippen LogP contribution is -2.34. The first kappa shape index (κ1) is 19.6. The molecule has 3 rings (SSSR count). The number of amides is 2. The molecule has 0 atom stereocenters. The minimum atomic E-state index is -0.685. The summed E-state index contributed by atoms with van der Waals surface area (Å²) in [6, 6.07) is 20.1. The number of nitro groups is 1. The van der Waals surface area contributed by atoms with Crippen molar-refractivity contribution in [1.29, 1.82) is 0 Å². The molecule has 0 unspecified atom stereocenters. The first-order chi connectivity index (χ1) is 14.0. The van der Waals surface area contributed by atoms with Gasteiger partial charge in [0.05, 0.1) is 6.07 Å². The van der Waals surface area contributed by atoms with Gasteiger partial charge in [0.15, 0.2) is 0 Å². The molecule has 1 aromatic heterocycles. The van der Waals surface area contributed by atoms with Gasteiger partial charge < -0.3 is 15.1 Å². The van der Waals surface area contributed by atoms with Gasteiger partial charge in [-0.2, -0.15) is 0 Å². The fraction of sp³-hybridized carbons (Fsp3) is 0.0476. The molecule has 8 nitrogen and oxygen atoms in total. The zero-order valence-electron chi connectivity index (χ0n) is 15.2. The number of benzene rings is 2. The number of carbonyl (C=O) groups excluding carboxylic acids is 2. The summed E-state index contributed by atoms with van der Waals surface area (Å²) in [7, 11) is 0. The van der Waals surface area contributed by atoms with Crippen molar-refractivity contribution in [2.24, 2.45) is 0 Å². The van der Waals surface area contributed by atoms with Gasteiger partial charge in [0, 0.05) is 18.2 Å². The first-order valence-electron chi connectivity index (χ1n) is 8.67. The Labute approximate surface area is 166 Å². The zero-order chi connectivity index (χ0) is 20.6. The van der Waals surface area contributed by atoms with E-state index in [2.05, 4.69) is 10.6 Å². The van der Waals surface area contributed by atoms with Crippen molar-refractivity contribution in [2.75, 3.05) is 0 Å². The van der Waals surface area contributed by atoms with Gasteiger partial charge in [-0.05, 0) is 23.8 Å². The highest BCUT2D eigenvalue weighted by Gasteiger charge is 2.17. The Kier molecular flexibility index (Phi) is 6.16. The summed E-state index contributed by atoms with van der Waals surface area (Å²) >= 11 is 0. The summed E-state index contributed by atoms with van der Waals surface area (Å²) in [6.45, 7) is 0.247. The van der Waals surface area contributed by atoms with E-state index >= 15 is 0 Å². The maximum absolute atomic E-state index is 12.7. The predicted octanol–water partition coefficient (Wildman–Crippen LogP) is 3.28. The average Bonchev–Trinajstić information content (AvgIpc) is 3.22. The molecule has 2 amide bonds. The van der Waals surface area contributed by atoms with Crippen LogP contribution in [-0.4, -0.2) is 16.7 Å². The van der Waals surface area contributed by atoms with Crippen molar-refractivity contribution in [3.63, 3.8) is 0 Å². The quantitative estimate of drug-likeness (QED) is 0.364. The van der Waals surface area contributed by atoms with Crippen molar-refractivity contribution in [2.45, 2.75) is 6.54 Å². The van der Waals surface area contributed by atoms with E-state index in [0.29, 0.717) is 5.56 Å². The van der Waals surface area contributed by atoms with Crippen molar-refractivity contribution in [3.8, 4) is 0 Å². The van der Waals surface area contributed by atoms with E-state index in [0.717, 1.165) is 5.56 Å². The standard InChI is InChI=1S/C21H17N3O5/c25-20(16-9-5-2-6-10-16)23-18(13-17-11-12-19(29-17)24(27)28)21(26)22-14-15-7-3-1-4-8-15/h1-13H,14H2,(H,22,26)(H,23,25)/b18-13+. The Balaban J connectivity index is 1.81. The Morgan fingerprint density at radius 2 is 1.62 bits per heavy atom. The second-order valence-corrected chi connectivity index (χ2v) is 5.98. The van der Waals surface area contributed by atoms with Crippen LogP contribution in [0.3, 0.4) is 0 Å². The molecule has 0 radical (unpaired) electrons. The minimum Gasteiger partial charge on any atom is -0.401 e. The molecule has 29 heavy (non-hydrogen) atoms. The third-order valence-electron chi connectivity index (χ3n) is 3.90. The summed E-state index contributed by atoms with van der Waals surface area (Å²) in [6.07, 6.45) is 1.24. The largest absolute Gasteiger partial charge is 0.433 e. The molecule has 1 heterocycles. The number of hydrogen-bond acceptors (Lipinski definition) is 5. The monoisotopic (exact) mass is 391 g/mol. The van der Waals surface area contributed by atoms with E-state index in [9.17, 15) is 19.7 Å². The molecule has 0 spiro atoms. The molecule has 146 valence electrons. The summed E-state index contributed by atoms with van der Waals surface area (Å²) in [5.41, 5.74) is 1.14. The van der Waals surface area contributed by atoms with E-state index in [1.54, 1.807) is 30.3 Å². The molecule has 0 aliphatic heterocycles. The Morgan fingerprint density at radius 1 is 0.966 bits per heavy atom. The lowest BCUT2D eigenvalue weighted by atomic mass is 10.2. The van der Waals surface area contributed by atoms with Gasteiger partial charge in [-0.25, -0.2) is 0 Å². The fourth-order valence-corrected chi connectivity index (χ4v) is 2.48. The highest BCUT2D eigenvalue weighted by Crippen LogP contribution is 2.18. The maximum Gasteiger partial charge on any atom is 0.433 e. The fourth-order valence-electron chi connectivity index (χ4n) is 2.48. The lowest BCUT2D eigenvalue weighted by molar-refractivity contribution is -0.402. The Bertz CT molecular complexity index is 1040. The molecule has 2 aromatic carbocycles. The number of furan rings is 1. The van der Waals surface area contributed by atoms with E-state index in [1.165, 1.54) is 18.2 Å². The van der Waals surface area contributed by atoms with Crippen molar-refractivity contribution >= 4 is 23.8 Å². The normalized spacial score (nSPS) is 11.0. The third-order valence-corrected chi connectivity index (χ3v) is 3.90. The summed E-state index contributed by atoms with van der Waals surface area (Å²) in [5.74, 6) is -1.45. The number of nitrogens with one attached hydrogen (secondary N) is 2. The van der Waals surface area contributed by atoms with Gasteiger partial charge in [-0.15, -0.1) is 0 Å². The van der Waals surface area contributed by atoms with Crippen LogP contribution in [0.2, 0.25) is 0 Å². The second kappa shape index (κ2) is 9.14. The second-order valence-electron chi connectivity index (χ2n) is 5.98. The molecule has 8 heteroatoms. The highest BCUT2D eigenvalue weighted by molar-refractivity contribution is 6.05. The number of nitrogens with zero attached hydrogens (tertiary/aromatic N) is 1. The Hall–Kier alpha value is -4.20. The van der Waals surface area contributed by atoms with Crippen LogP contribution in [0.4, 0.5) is 5.88 Å². The molecule has 3 aromatic rings. The number of hydrogen-bond donors (Lipinski definition) is 2. The van der Waals surface area contributed by atoms with Crippen LogP contribution in [0.15, 0.2) is 82.9 Å². The topological polar surface area (TPSA) is 114 Å². The van der Waals surface area contributed by atoms with Crippen LogP contribution < -0.4 is 10.6 Å².